The van der Waals surface area contributed by atoms with E-state index in [2.05, 4.69) is 67.3 Å². The van der Waals surface area contributed by atoms with Gasteiger partial charge in [0.2, 0.25) is 0 Å². The molecule has 0 aliphatic heterocycles. The predicted octanol–water partition coefficient (Wildman–Crippen LogP) is 6.34. The van der Waals surface area contributed by atoms with Crippen molar-refractivity contribution < 1.29 is 4.43 Å². The molecule has 0 spiro atoms. The maximum atomic E-state index is 6.51. The smallest absolute Gasteiger partial charge is 0.192 e. The van der Waals surface area contributed by atoms with E-state index in [1.54, 1.807) is 0 Å². The fraction of sp³-hybridized carbons (Fsp3) is 0.789. The van der Waals surface area contributed by atoms with Crippen LogP contribution >= 0.6 is 0 Å². The second kappa shape index (κ2) is 6.42. The maximum Gasteiger partial charge on any atom is 0.192 e. The Kier molecular flexibility index (Phi) is 5.71. The third-order valence-corrected chi connectivity index (χ3v) is 9.75. The highest BCUT2D eigenvalue weighted by atomic mass is 28.4. The SMILES string of the molecule is C=CCC(C)(C)C/C=C(\C)C1CC1O[Si](C)(C)C(C)(C)C. The van der Waals surface area contributed by atoms with E-state index in [-0.39, 0.29) is 0 Å². The first-order chi connectivity index (χ1) is 9.39. The number of allylic oxidation sites excluding steroid dienone is 2. The first-order valence-corrected chi connectivity index (χ1v) is 11.3. The van der Waals surface area contributed by atoms with Gasteiger partial charge in [0.25, 0.3) is 0 Å². The average Bonchev–Trinajstić information content (AvgIpc) is 3.03. The monoisotopic (exact) mass is 308 g/mol. The van der Waals surface area contributed by atoms with Gasteiger partial charge in [-0.25, -0.2) is 0 Å². The Hall–Kier alpha value is -0.343. The standard InChI is InChI=1S/C19H36OSi/c1-10-12-19(6,7)13-11-15(2)16-14-17(16)20-21(8,9)18(3,4)5/h10-11,16-17H,1,12-14H2,2-9H3/b15-11+. The molecule has 122 valence electrons. The molecule has 1 rings (SSSR count). The molecule has 0 N–H and O–H groups in total. The third kappa shape index (κ3) is 5.41. The Morgan fingerprint density at radius 3 is 2.24 bits per heavy atom. The zero-order valence-electron chi connectivity index (χ0n) is 15.5. The molecule has 0 aromatic carbocycles. The Morgan fingerprint density at radius 2 is 1.76 bits per heavy atom. The van der Waals surface area contributed by atoms with Crippen LogP contribution in [0, 0.1) is 11.3 Å². The van der Waals surface area contributed by atoms with Gasteiger partial charge in [0.05, 0.1) is 6.10 Å². The van der Waals surface area contributed by atoms with Crippen LogP contribution in [0.4, 0.5) is 0 Å². The molecule has 2 heteroatoms. The summed E-state index contributed by atoms with van der Waals surface area (Å²) in [7, 11) is -1.61. The number of rotatable bonds is 7. The molecule has 0 aromatic heterocycles. The van der Waals surface area contributed by atoms with Gasteiger partial charge in [0, 0.05) is 5.92 Å². The van der Waals surface area contributed by atoms with Crippen LogP contribution in [0.3, 0.4) is 0 Å². The average molecular weight is 309 g/mol. The van der Waals surface area contributed by atoms with E-state index in [0.29, 0.717) is 22.5 Å². The fourth-order valence-corrected chi connectivity index (χ4v) is 3.77. The summed E-state index contributed by atoms with van der Waals surface area (Å²) < 4.78 is 6.51. The molecule has 0 heterocycles. The van der Waals surface area contributed by atoms with E-state index in [9.17, 15) is 0 Å². The lowest BCUT2D eigenvalue weighted by atomic mass is 9.85. The summed E-state index contributed by atoms with van der Waals surface area (Å²) in [5.41, 5.74) is 1.85. The molecule has 0 amide bonds. The van der Waals surface area contributed by atoms with Crippen LogP contribution in [0.15, 0.2) is 24.3 Å². The van der Waals surface area contributed by atoms with Crippen molar-refractivity contribution in [1.29, 1.82) is 0 Å². The Labute approximate surface area is 134 Å². The lowest BCUT2D eigenvalue weighted by molar-refractivity contribution is 0.262. The molecule has 2 atom stereocenters. The number of hydrogen-bond acceptors (Lipinski definition) is 1. The molecule has 21 heavy (non-hydrogen) atoms. The highest BCUT2D eigenvalue weighted by Gasteiger charge is 2.47. The lowest BCUT2D eigenvalue weighted by Crippen LogP contribution is -2.41. The van der Waals surface area contributed by atoms with Crippen LogP contribution in [0.2, 0.25) is 18.1 Å². The van der Waals surface area contributed by atoms with Gasteiger partial charge in [-0.1, -0.05) is 52.3 Å². The summed E-state index contributed by atoms with van der Waals surface area (Å²) in [6.45, 7) is 22.4. The van der Waals surface area contributed by atoms with Crippen molar-refractivity contribution in [2.45, 2.75) is 85.0 Å². The summed E-state index contributed by atoms with van der Waals surface area (Å²) in [4.78, 5) is 0. The van der Waals surface area contributed by atoms with Gasteiger partial charge in [0.15, 0.2) is 8.32 Å². The molecule has 1 aliphatic rings. The van der Waals surface area contributed by atoms with Crippen LogP contribution in [0.5, 0.6) is 0 Å². The maximum absolute atomic E-state index is 6.51. The van der Waals surface area contributed by atoms with Crippen molar-refractivity contribution in [2.75, 3.05) is 0 Å². The largest absolute Gasteiger partial charge is 0.413 e. The predicted molar refractivity (Wildman–Crippen MR) is 97.1 cm³/mol. The van der Waals surface area contributed by atoms with Crippen molar-refractivity contribution in [1.82, 2.24) is 0 Å². The van der Waals surface area contributed by atoms with E-state index < -0.39 is 8.32 Å². The van der Waals surface area contributed by atoms with Crippen LogP contribution < -0.4 is 0 Å². The van der Waals surface area contributed by atoms with Gasteiger partial charge in [-0.05, 0) is 49.7 Å². The first-order valence-electron chi connectivity index (χ1n) is 8.35. The Morgan fingerprint density at radius 1 is 1.19 bits per heavy atom. The summed E-state index contributed by atoms with van der Waals surface area (Å²) in [6.07, 6.45) is 8.37. The minimum Gasteiger partial charge on any atom is -0.413 e. The van der Waals surface area contributed by atoms with Gasteiger partial charge >= 0.3 is 0 Å². The minimum atomic E-state index is -1.61. The van der Waals surface area contributed by atoms with E-state index in [4.69, 9.17) is 4.43 Å². The van der Waals surface area contributed by atoms with Gasteiger partial charge in [-0.2, -0.15) is 0 Å². The highest BCUT2D eigenvalue weighted by Crippen LogP contribution is 2.46. The second-order valence-corrected chi connectivity index (χ2v) is 13.8. The van der Waals surface area contributed by atoms with Gasteiger partial charge in [0.1, 0.15) is 0 Å². The molecule has 1 fully saturated rings. The molecule has 0 bridgehead atoms. The van der Waals surface area contributed by atoms with Gasteiger partial charge in [-0.15, -0.1) is 6.58 Å². The molecule has 2 unspecified atom stereocenters. The topological polar surface area (TPSA) is 9.23 Å². The van der Waals surface area contributed by atoms with Crippen molar-refractivity contribution in [3.8, 4) is 0 Å². The normalized spacial score (nSPS) is 24.1. The van der Waals surface area contributed by atoms with Crippen LogP contribution in [0.25, 0.3) is 0 Å². The Balaban J connectivity index is 2.54. The molecule has 0 aromatic rings. The molecule has 0 saturated heterocycles. The van der Waals surface area contributed by atoms with Crippen LogP contribution in [0.1, 0.15) is 60.8 Å². The summed E-state index contributed by atoms with van der Waals surface area (Å²) >= 11 is 0. The second-order valence-electron chi connectivity index (χ2n) is 9.07. The van der Waals surface area contributed by atoms with Crippen molar-refractivity contribution in [2.24, 2.45) is 11.3 Å². The summed E-state index contributed by atoms with van der Waals surface area (Å²) in [6, 6.07) is 0. The van der Waals surface area contributed by atoms with E-state index in [0.717, 1.165) is 12.8 Å². The fourth-order valence-electron chi connectivity index (χ4n) is 2.40. The van der Waals surface area contributed by atoms with Gasteiger partial charge < -0.3 is 4.43 Å². The zero-order chi connectivity index (χ0) is 16.5. The Bertz CT molecular complexity index is 398. The molecule has 1 saturated carbocycles. The third-order valence-electron chi connectivity index (χ3n) is 5.24. The molecule has 1 nitrogen and oxygen atoms in total. The first kappa shape index (κ1) is 18.7. The van der Waals surface area contributed by atoms with E-state index >= 15 is 0 Å². The quantitative estimate of drug-likeness (QED) is 0.394. The lowest BCUT2D eigenvalue weighted by Gasteiger charge is -2.36. The van der Waals surface area contributed by atoms with E-state index in [1.807, 2.05) is 6.08 Å². The van der Waals surface area contributed by atoms with Crippen LogP contribution in [-0.4, -0.2) is 14.4 Å². The van der Waals surface area contributed by atoms with Crippen LogP contribution in [-0.2, 0) is 4.43 Å². The summed E-state index contributed by atoms with van der Waals surface area (Å²) in [5.74, 6) is 0.665. The van der Waals surface area contributed by atoms with E-state index in [1.165, 1.54) is 12.0 Å². The summed E-state index contributed by atoms with van der Waals surface area (Å²) in [5, 5.41) is 0.309. The molecular weight excluding hydrogens is 272 g/mol. The zero-order valence-corrected chi connectivity index (χ0v) is 16.5. The van der Waals surface area contributed by atoms with Crippen molar-refractivity contribution in [3.63, 3.8) is 0 Å². The van der Waals surface area contributed by atoms with Crippen molar-refractivity contribution >= 4 is 8.32 Å². The molecule has 1 aliphatic carbocycles. The number of hydrogen-bond donors (Lipinski definition) is 0. The molecule has 0 radical (unpaired) electrons. The molecular formula is C19H36OSi. The minimum absolute atomic E-state index is 0.309. The highest BCUT2D eigenvalue weighted by molar-refractivity contribution is 6.74. The van der Waals surface area contributed by atoms with Crippen molar-refractivity contribution in [3.05, 3.63) is 24.3 Å². The van der Waals surface area contributed by atoms with Gasteiger partial charge in [-0.3, -0.25) is 0 Å².